The van der Waals surface area contributed by atoms with Gasteiger partial charge in [-0.25, -0.2) is 4.79 Å². The molecule has 0 radical (unpaired) electrons. The highest BCUT2D eigenvalue weighted by atomic mass is 35.6. The zero-order valence-corrected chi connectivity index (χ0v) is 12.0. The van der Waals surface area contributed by atoms with Gasteiger partial charge in [-0.2, -0.15) is 0 Å². The SMILES string of the molecule is C=CCC(COC(C)=O)NC(=O)OCC(Cl)(Cl)Cl. The van der Waals surface area contributed by atoms with Crippen LogP contribution in [-0.2, 0) is 14.3 Å². The Balaban J connectivity index is 4.10. The highest BCUT2D eigenvalue weighted by molar-refractivity contribution is 6.67. The van der Waals surface area contributed by atoms with Crippen LogP contribution >= 0.6 is 34.8 Å². The lowest BCUT2D eigenvalue weighted by Crippen LogP contribution is -2.39. The molecule has 0 heterocycles. The van der Waals surface area contributed by atoms with Crippen LogP contribution in [0.4, 0.5) is 4.79 Å². The number of alkyl carbamates (subject to hydrolysis) is 1. The average molecular weight is 319 g/mol. The van der Waals surface area contributed by atoms with Gasteiger partial charge in [-0.1, -0.05) is 40.9 Å². The molecule has 0 fully saturated rings. The van der Waals surface area contributed by atoms with Crippen molar-refractivity contribution in [2.45, 2.75) is 23.2 Å². The van der Waals surface area contributed by atoms with E-state index in [-0.39, 0.29) is 13.2 Å². The van der Waals surface area contributed by atoms with Crippen molar-refractivity contribution in [1.29, 1.82) is 0 Å². The lowest BCUT2D eigenvalue weighted by Gasteiger charge is -2.18. The Bertz CT molecular complexity index is 304. The summed E-state index contributed by atoms with van der Waals surface area (Å²) >= 11 is 16.3. The van der Waals surface area contributed by atoms with Gasteiger partial charge in [0.25, 0.3) is 0 Å². The van der Waals surface area contributed by atoms with Gasteiger partial charge in [-0.3, -0.25) is 4.79 Å². The molecule has 104 valence electrons. The van der Waals surface area contributed by atoms with Crippen molar-refractivity contribution in [2.75, 3.05) is 13.2 Å². The molecular weight excluding hydrogens is 304 g/mol. The summed E-state index contributed by atoms with van der Waals surface area (Å²) in [4.78, 5) is 22.0. The predicted octanol–water partition coefficient (Wildman–Crippen LogP) is 2.59. The van der Waals surface area contributed by atoms with E-state index in [1.54, 1.807) is 6.08 Å². The number of nitrogens with one attached hydrogen (secondary N) is 1. The normalized spacial score (nSPS) is 12.4. The molecule has 1 N–H and O–H groups in total. The maximum absolute atomic E-state index is 11.3. The van der Waals surface area contributed by atoms with Crippen molar-refractivity contribution in [1.82, 2.24) is 5.32 Å². The summed E-state index contributed by atoms with van der Waals surface area (Å²) in [5, 5.41) is 2.46. The van der Waals surface area contributed by atoms with E-state index in [1.807, 2.05) is 0 Å². The molecule has 0 aliphatic heterocycles. The smallest absolute Gasteiger partial charge is 0.407 e. The van der Waals surface area contributed by atoms with Gasteiger partial charge in [0.1, 0.15) is 13.2 Å². The summed E-state index contributed by atoms with van der Waals surface area (Å²) in [5.74, 6) is -0.444. The molecule has 0 saturated carbocycles. The van der Waals surface area contributed by atoms with Gasteiger partial charge in [-0.15, -0.1) is 6.58 Å². The number of hydrogen-bond acceptors (Lipinski definition) is 4. The zero-order chi connectivity index (χ0) is 14.2. The summed E-state index contributed by atoms with van der Waals surface area (Å²) in [6.45, 7) is 4.44. The molecule has 0 aromatic carbocycles. The highest BCUT2D eigenvalue weighted by Crippen LogP contribution is 2.25. The molecule has 0 saturated heterocycles. The van der Waals surface area contributed by atoms with Crippen molar-refractivity contribution >= 4 is 46.9 Å². The van der Waals surface area contributed by atoms with Gasteiger partial charge < -0.3 is 14.8 Å². The summed E-state index contributed by atoms with van der Waals surface area (Å²) < 4.78 is 7.77. The van der Waals surface area contributed by atoms with Gasteiger partial charge >= 0.3 is 12.1 Å². The minimum Gasteiger partial charge on any atom is -0.464 e. The quantitative estimate of drug-likeness (QED) is 0.464. The highest BCUT2D eigenvalue weighted by Gasteiger charge is 2.23. The summed E-state index contributed by atoms with van der Waals surface area (Å²) in [5.41, 5.74) is 0. The van der Waals surface area contributed by atoms with Crippen molar-refractivity contribution in [3.8, 4) is 0 Å². The lowest BCUT2D eigenvalue weighted by molar-refractivity contribution is -0.141. The number of alkyl halides is 3. The van der Waals surface area contributed by atoms with Crippen LogP contribution in [0.2, 0.25) is 0 Å². The standard InChI is InChI=1S/C10H14Cl3NO4/c1-3-4-8(5-17-7(2)15)14-9(16)18-6-10(11,12)13/h3,8H,1,4-6H2,2H3,(H,14,16). The van der Waals surface area contributed by atoms with Crippen LogP contribution < -0.4 is 5.32 Å². The van der Waals surface area contributed by atoms with E-state index in [0.29, 0.717) is 6.42 Å². The van der Waals surface area contributed by atoms with E-state index in [2.05, 4.69) is 16.6 Å². The topological polar surface area (TPSA) is 64.6 Å². The third kappa shape index (κ3) is 10.5. The number of amides is 1. The summed E-state index contributed by atoms with van der Waals surface area (Å²) in [6, 6.07) is -0.436. The fourth-order valence-corrected chi connectivity index (χ4v) is 1.11. The molecule has 5 nitrogen and oxygen atoms in total. The predicted molar refractivity (Wildman–Crippen MR) is 70.0 cm³/mol. The minimum absolute atomic E-state index is 0.0181. The summed E-state index contributed by atoms with van der Waals surface area (Å²) in [7, 11) is 0. The molecule has 0 aromatic rings. The van der Waals surface area contributed by atoms with Crippen LogP contribution in [0.15, 0.2) is 12.7 Å². The molecule has 0 spiro atoms. The second-order valence-electron chi connectivity index (χ2n) is 3.36. The molecule has 0 aliphatic carbocycles. The number of halogens is 3. The van der Waals surface area contributed by atoms with Crippen molar-refractivity contribution < 1.29 is 19.1 Å². The molecule has 18 heavy (non-hydrogen) atoms. The van der Waals surface area contributed by atoms with Crippen molar-refractivity contribution in [3.63, 3.8) is 0 Å². The van der Waals surface area contributed by atoms with Crippen LogP contribution in [0.5, 0.6) is 0 Å². The van der Waals surface area contributed by atoms with E-state index in [4.69, 9.17) is 39.5 Å². The average Bonchev–Trinajstić information content (AvgIpc) is 2.22. The second-order valence-corrected chi connectivity index (χ2v) is 5.88. The first kappa shape index (κ1) is 17.4. The molecule has 0 aliphatic rings. The molecule has 0 bridgehead atoms. The zero-order valence-electron chi connectivity index (χ0n) is 9.75. The summed E-state index contributed by atoms with van der Waals surface area (Å²) in [6.07, 6.45) is 1.22. The van der Waals surface area contributed by atoms with E-state index in [0.717, 1.165) is 0 Å². The molecular formula is C10H14Cl3NO4. The Kier molecular flexibility index (Phi) is 8.15. The van der Waals surface area contributed by atoms with Crippen LogP contribution in [0.3, 0.4) is 0 Å². The van der Waals surface area contributed by atoms with Crippen molar-refractivity contribution in [2.24, 2.45) is 0 Å². The fourth-order valence-electron chi connectivity index (χ4n) is 0.943. The van der Waals surface area contributed by atoms with Crippen LogP contribution in [0.25, 0.3) is 0 Å². The van der Waals surface area contributed by atoms with E-state index in [9.17, 15) is 9.59 Å². The van der Waals surface area contributed by atoms with Crippen LogP contribution in [0, 0.1) is 0 Å². The Morgan fingerprint density at radius 1 is 1.39 bits per heavy atom. The van der Waals surface area contributed by atoms with Gasteiger partial charge in [0.2, 0.25) is 3.79 Å². The molecule has 1 unspecified atom stereocenters. The van der Waals surface area contributed by atoms with Crippen LogP contribution in [0.1, 0.15) is 13.3 Å². The largest absolute Gasteiger partial charge is 0.464 e. The second kappa shape index (κ2) is 8.45. The first-order valence-electron chi connectivity index (χ1n) is 4.99. The monoisotopic (exact) mass is 317 g/mol. The number of rotatable bonds is 6. The third-order valence-corrected chi connectivity index (χ3v) is 1.96. The fraction of sp³-hybridized carbons (Fsp3) is 0.600. The lowest BCUT2D eigenvalue weighted by atomic mass is 10.2. The van der Waals surface area contributed by atoms with Crippen molar-refractivity contribution in [3.05, 3.63) is 12.7 Å². The van der Waals surface area contributed by atoms with E-state index < -0.39 is 21.9 Å². The Morgan fingerprint density at radius 2 is 2.00 bits per heavy atom. The number of hydrogen-bond donors (Lipinski definition) is 1. The third-order valence-electron chi connectivity index (χ3n) is 1.63. The Morgan fingerprint density at radius 3 is 2.44 bits per heavy atom. The molecule has 0 aromatic heterocycles. The van der Waals surface area contributed by atoms with E-state index in [1.165, 1.54) is 6.92 Å². The first-order valence-corrected chi connectivity index (χ1v) is 6.12. The Hall–Kier alpha value is -0.650. The number of esters is 1. The molecule has 8 heteroatoms. The maximum Gasteiger partial charge on any atom is 0.407 e. The van der Waals surface area contributed by atoms with Gasteiger partial charge in [0.15, 0.2) is 0 Å². The minimum atomic E-state index is -1.67. The number of carbonyl (C=O) groups is 2. The maximum atomic E-state index is 11.3. The van der Waals surface area contributed by atoms with Gasteiger partial charge in [-0.05, 0) is 6.42 Å². The first-order chi connectivity index (χ1) is 8.24. The van der Waals surface area contributed by atoms with Crippen LogP contribution in [-0.4, -0.2) is 35.1 Å². The Labute approximate surface area is 120 Å². The number of ether oxygens (including phenoxy) is 2. The molecule has 1 amide bonds. The molecule has 0 rings (SSSR count). The van der Waals surface area contributed by atoms with Gasteiger partial charge in [0.05, 0.1) is 6.04 Å². The molecule has 1 atom stereocenters. The van der Waals surface area contributed by atoms with E-state index >= 15 is 0 Å². The number of carbonyl (C=O) groups excluding carboxylic acids is 2. The van der Waals surface area contributed by atoms with Gasteiger partial charge in [0, 0.05) is 6.92 Å².